The number of halogens is 3. The molecule has 3 aromatic rings. The molecule has 2 amide bonds. The van der Waals surface area contributed by atoms with Gasteiger partial charge in [0.25, 0.3) is 5.91 Å². The standard InChI is InChI=1S/C23H19F3N2O2/c24-23(25,26)19-7-3-8-20(14-19)28(15-27-12-4-9-21(27)29)22(30)18-11-10-16-5-1-2-6-17(16)13-18/h1-3,5-8,10-11,13-14H,4,9,12,15H2. The zero-order chi connectivity index (χ0) is 21.3. The molecule has 1 fully saturated rings. The maximum absolute atomic E-state index is 13.4. The van der Waals surface area contributed by atoms with Crippen LogP contribution in [0.25, 0.3) is 10.8 Å². The number of carbonyl (C=O) groups excluding carboxylic acids is 2. The summed E-state index contributed by atoms with van der Waals surface area (Å²) < 4.78 is 39.7. The van der Waals surface area contributed by atoms with Gasteiger partial charge in [-0.2, -0.15) is 13.2 Å². The monoisotopic (exact) mass is 412 g/mol. The van der Waals surface area contributed by atoms with Crippen LogP contribution < -0.4 is 4.90 Å². The highest BCUT2D eigenvalue weighted by atomic mass is 19.4. The van der Waals surface area contributed by atoms with Crippen molar-refractivity contribution in [1.82, 2.24) is 4.90 Å². The molecule has 154 valence electrons. The van der Waals surface area contributed by atoms with Gasteiger partial charge in [0.2, 0.25) is 5.91 Å². The lowest BCUT2D eigenvalue weighted by molar-refractivity contribution is -0.137. The van der Waals surface area contributed by atoms with Crippen LogP contribution in [-0.2, 0) is 11.0 Å². The van der Waals surface area contributed by atoms with Gasteiger partial charge in [-0.25, -0.2) is 0 Å². The van der Waals surface area contributed by atoms with E-state index >= 15 is 0 Å². The van der Waals surface area contributed by atoms with Crippen molar-refractivity contribution in [2.75, 3.05) is 18.1 Å². The van der Waals surface area contributed by atoms with E-state index in [4.69, 9.17) is 0 Å². The predicted molar refractivity (Wildman–Crippen MR) is 108 cm³/mol. The molecular formula is C23H19F3N2O2. The van der Waals surface area contributed by atoms with Crippen LogP contribution in [0.15, 0.2) is 66.7 Å². The van der Waals surface area contributed by atoms with Crippen molar-refractivity contribution in [2.24, 2.45) is 0 Å². The molecule has 1 heterocycles. The number of carbonyl (C=O) groups is 2. The Kier molecular flexibility index (Phi) is 5.20. The molecule has 3 aromatic carbocycles. The highest BCUT2D eigenvalue weighted by molar-refractivity contribution is 6.08. The molecule has 0 radical (unpaired) electrons. The number of hydrogen-bond donors (Lipinski definition) is 0. The first-order valence-corrected chi connectivity index (χ1v) is 9.59. The van der Waals surface area contributed by atoms with Crippen molar-refractivity contribution in [3.8, 4) is 0 Å². The molecule has 0 saturated carbocycles. The fourth-order valence-electron chi connectivity index (χ4n) is 3.62. The number of rotatable bonds is 4. The summed E-state index contributed by atoms with van der Waals surface area (Å²) in [5.74, 6) is -0.571. The van der Waals surface area contributed by atoms with Crippen molar-refractivity contribution in [3.63, 3.8) is 0 Å². The molecule has 0 N–H and O–H groups in total. The minimum Gasteiger partial charge on any atom is -0.324 e. The van der Waals surface area contributed by atoms with E-state index in [2.05, 4.69) is 0 Å². The third-order valence-electron chi connectivity index (χ3n) is 5.21. The van der Waals surface area contributed by atoms with Gasteiger partial charge in [-0.3, -0.25) is 14.5 Å². The number of fused-ring (bicyclic) bond motifs is 1. The molecule has 0 aromatic heterocycles. The van der Waals surface area contributed by atoms with Crippen molar-refractivity contribution < 1.29 is 22.8 Å². The molecule has 0 aliphatic carbocycles. The van der Waals surface area contributed by atoms with E-state index in [0.29, 0.717) is 24.9 Å². The lowest BCUT2D eigenvalue weighted by Gasteiger charge is -2.28. The SMILES string of the molecule is O=C1CCCN1CN(C(=O)c1ccc2ccccc2c1)c1cccc(C(F)(F)F)c1. The fourth-order valence-corrected chi connectivity index (χ4v) is 3.62. The van der Waals surface area contributed by atoms with Gasteiger partial charge in [0.05, 0.1) is 5.56 Å². The first kappa shape index (κ1) is 19.9. The van der Waals surface area contributed by atoms with Crippen LogP contribution >= 0.6 is 0 Å². The quantitative estimate of drug-likeness (QED) is 0.599. The number of amides is 2. The van der Waals surface area contributed by atoms with Crippen molar-refractivity contribution in [1.29, 1.82) is 0 Å². The first-order valence-electron chi connectivity index (χ1n) is 9.59. The summed E-state index contributed by atoms with van der Waals surface area (Å²) >= 11 is 0. The summed E-state index contributed by atoms with van der Waals surface area (Å²) in [6.45, 7) is 0.380. The Morgan fingerprint density at radius 3 is 2.43 bits per heavy atom. The molecule has 4 nitrogen and oxygen atoms in total. The molecule has 30 heavy (non-hydrogen) atoms. The molecule has 7 heteroatoms. The lowest BCUT2D eigenvalue weighted by atomic mass is 10.1. The lowest BCUT2D eigenvalue weighted by Crippen LogP contribution is -2.42. The van der Waals surface area contributed by atoms with Crippen molar-refractivity contribution >= 4 is 28.3 Å². The minimum atomic E-state index is -4.53. The Morgan fingerprint density at radius 2 is 1.73 bits per heavy atom. The van der Waals surface area contributed by atoms with Crippen LogP contribution in [0.4, 0.5) is 18.9 Å². The van der Waals surface area contributed by atoms with Gasteiger partial charge >= 0.3 is 6.18 Å². The predicted octanol–water partition coefficient (Wildman–Crippen LogP) is 5.09. The molecule has 0 spiro atoms. The Labute approximate surface area is 171 Å². The zero-order valence-electron chi connectivity index (χ0n) is 16.0. The highest BCUT2D eigenvalue weighted by Gasteiger charge is 2.32. The average Bonchev–Trinajstić information content (AvgIpc) is 3.15. The molecular weight excluding hydrogens is 393 g/mol. The first-order chi connectivity index (χ1) is 14.3. The number of benzene rings is 3. The minimum absolute atomic E-state index is 0.0915. The molecule has 1 aliphatic rings. The molecule has 0 bridgehead atoms. The maximum Gasteiger partial charge on any atom is 0.416 e. The summed E-state index contributed by atoms with van der Waals surface area (Å²) in [5, 5.41) is 1.80. The Balaban J connectivity index is 1.74. The summed E-state index contributed by atoms with van der Waals surface area (Å²) in [6.07, 6.45) is -3.49. The number of hydrogen-bond acceptors (Lipinski definition) is 2. The van der Waals surface area contributed by atoms with Crippen LogP contribution in [0.3, 0.4) is 0 Å². The highest BCUT2D eigenvalue weighted by Crippen LogP contribution is 2.32. The van der Waals surface area contributed by atoms with Gasteiger partial charge in [-0.1, -0.05) is 36.4 Å². The number of alkyl halides is 3. The second-order valence-corrected chi connectivity index (χ2v) is 7.25. The fraction of sp³-hybridized carbons (Fsp3) is 0.217. The number of likely N-dealkylation sites (tertiary alicyclic amines) is 1. The Morgan fingerprint density at radius 1 is 0.967 bits per heavy atom. The van der Waals surface area contributed by atoms with E-state index < -0.39 is 17.6 Å². The van der Waals surface area contributed by atoms with Crippen molar-refractivity contribution in [3.05, 3.63) is 77.9 Å². The van der Waals surface area contributed by atoms with Gasteiger partial charge < -0.3 is 4.90 Å². The third-order valence-corrected chi connectivity index (χ3v) is 5.21. The van der Waals surface area contributed by atoms with E-state index in [1.165, 1.54) is 21.9 Å². The number of nitrogens with zero attached hydrogens (tertiary/aromatic N) is 2. The van der Waals surface area contributed by atoms with E-state index in [9.17, 15) is 22.8 Å². The van der Waals surface area contributed by atoms with Crippen LogP contribution in [0.1, 0.15) is 28.8 Å². The second kappa shape index (κ2) is 7.82. The van der Waals surface area contributed by atoms with E-state index in [1.807, 2.05) is 24.3 Å². The second-order valence-electron chi connectivity index (χ2n) is 7.25. The van der Waals surface area contributed by atoms with E-state index in [1.54, 1.807) is 18.2 Å². The van der Waals surface area contributed by atoms with E-state index in [-0.39, 0.29) is 18.3 Å². The molecule has 0 atom stereocenters. The van der Waals surface area contributed by atoms with Crippen LogP contribution in [-0.4, -0.2) is 29.9 Å². The normalized spacial score (nSPS) is 14.4. The summed E-state index contributed by atoms with van der Waals surface area (Å²) in [6, 6.07) is 17.3. The van der Waals surface area contributed by atoms with Gasteiger partial charge in [-0.05, 0) is 47.5 Å². The topological polar surface area (TPSA) is 40.6 Å². The molecule has 4 rings (SSSR count). The van der Waals surface area contributed by atoms with Gasteiger partial charge in [0, 0.05) is 24.2 Å². The van der Waals surface area contributed by atoms with Gasteiger partial charge in [0.1, 0.15) is 6.67 Å². The average molecular weight is 412 g/mol. The third kappa shape index (κ3) is 4.01. The van der Waals surface area contributed by atoms with Gasteiger partial charge in [-0.15, -0.1) is 0 Å². The van der Waals surface area contributed by atoms with Crippen LogP contribution in [0.5, 0.6) is 0 Å². The number of anilines is 1. The summed E-state index contributed by atoms with van der Waals surface area (Å²) in [5.41, 5.74) is -0.399. The maximum atomic E-state index is 13.4. The largest absolute Gasteiger partial charge is 0.416 e. The Bertz CT molecular complexity index is 1110. The summed E-state index contributed by atoms with van der Waals surface area (Å²) in [4.78, 5) is 28.2. The zero-order valence-corrected chi connectivity index (χ0v) is 16.0. The molecule has 1 aliphatic heterocycles. The van der Waals surface area contributed by atoms with Crippen LogP contribution in [0, 0.1) is 0 Å². The van der Waals surface area contributed by atoms with Crippen molar-refractivity contribution in [2.45, 2.75) is 19.0 Å². The smallest absolute Gasteiger partial charge is 0.324 e. The summed E-state index contributed by atoms with van der Waals surface area (Å²) in [7, 11) is 0. The van der Waals surface area contributed by atoms with E-state index in [0.717, 1.165) is 22.9 Å². The molecule has 0 unspecified atom stereocenters. The van der Waals surface area contributed by atoms with Gasteiger partial charge in [0.15, 0.2) is 0 Å². The molecule has 1 saturated heterocycles. The Hall–Kier alpha value is -3.35. The van der Waals surface area contributed by atoms with Crippen LogP contribution in [0.2, 0.25) is 0 Å².